The minimum absolute atomic E-state index is 0. The predicted molar refractivity (Wildman–Crippen MR) is 71.1 cm³/mol. The summed E-state index contributed by atoms with van der Waals surface area (Å²) < 4.78 is 5.60. The zero-order valence-electron chi connectivity index (χ0n) is 9.93. The van der Waals surface area contributed by atoms with Gasteiger partial charge in [-0.3, -0.25) is 0 Å². The van der Waals surface area contributed by atoms with Crippen molar-refractivity contribution in [3.63, 3.8) is 0 Å². The minimum atomic E-state index is -0.119. The Bertz CT molecular complexity index is 374. The molecule has 3 N–H and O–H groups in total. The summed E-state index contributed by atoms with van der Waals surface area (Å²) in [6.07, 6.45) is 0.578. The summed E-state index contributed by atoms with van der Waals surface area (Å²) in [6.45, 7) is 1.73. The maximum Gasteiger partial charge on any atom is 0.143 e. The topological polar surface area (TPSA) is 58.7 Å². The highest BCUT2D eigenvalue weighted by Gasteiger charge is 2.16. The van der Waals surface area contributed by atoms with Crippen molar-refractivity contribution in [3.8, 4) is 5.75 Å². The van der Waals surface area contributed by atoms with Crippen LogP contribution in [-0.2, 0) is 0 Å². The molecular weight excluding hydrogens is 240 g/mol. The number of hydrogen-bond donors (Lipinski definition) is 2. The Labute approximate surface area is 108 Å². The van der Waals surface area contributed by atoms with E-state index in [4.69, 9.17) is 15.6 Å². The standard InChI is InChI=1S/C12H18N2O2.ClH/c1-14-5-7-16-12-8-9(2-3-11(12)14)10(13)4-6-15;/h2-3,8,10,15H,4-7,13H2,1H3;1H. The lowest BCUT2D eigenvalue weighted by Gasteiger charge is -2.28. The van der Waals surface area contributed by atoms with Crippen molar-refractivity contribution < 1.29 is 9.84 Å². The van der Waals surface area contributed by atoms with E-state index in [1.807, 2.05) is 18.2 Å². The van der Waals surface area contributed by atoms with Gasteiger partial charge >= 0.3 is 0 Å². The Morgan fingerprint density at radius 3 is 3.00 bits per heavy atom. The second-order valence-corrected chi connectivity index (χ2v) is 4.12. The van der Waals surface area contributed by atoms with E-state index in [0.29, 0.717) is 13.0 Å². The van der Waals surface area contributed by atoms with E-state index >= 15 is 0 Å². The number of ether oxygens (including phenoxy) is 1. The van der Waals surface area contributed by atoms with E-state index < -0.39 is 0 Å². The fourth-order valence-corrected chi connectivity index (χ4v) is 1.91. The molecule has 0 aliphatic carbocycles. The number of benzene rings is 1. The normalized spacial score (nSPS) is 15.6. The first-order valence-corrected chi connectivity index (χ1v) is 5.56. The number of likely N-dealkylation sites (N-methyl/N-ethyl adjacent to an activating group) is 1. The summed E-state index contributed by atoms with van der Waals surface area (Å²) in [4.78, 5) is 2.17. The Balaban J connectivity index is 0.00000144. The predicted octanol–water partition coefficient (Wildman–Crippen LogP) is 1.32. The zero-order valence-corrected chi connectivity index (χ0v) is 10.7. The molecule has 1 aliphatic heterocycles. The minimum Gasteiger partial charge on any atom is -0.490 e. The molecule has 1 aromatic carbocycles. The first-order chi connectivity index (χ1) is 7.72. The summed E-state index contributed by atoms with van der Waals surface area (Å²) in [5.74, 6) is 0.889. The fraction of sp³-hybridized carbons (Fsp3) is 0.500. The number of nitrogens with zero attached hydrogens (tertiary/aromatic N) is 1. The molecule has 1 heterocycles. The van der Waals surface area contributed by atoms with E-state index in [9.17, 15) is 0 Å². The zero-order chi connectivity index (χ0) is 11.5. The van der Waals surface area contributed by atoms with Crippen LogP contribution < -0.4 is 15.4 Å². The number of aliphatic hydroxyl groups excluding tert-OH is 1. The highest BCUT2D eigenvalue weighted by atomic mass is 35.5. The molecule has 96 valence electrons. The van der Waals surface area contributed by atoms with Crippen LogP contribution in [0.4, 0.5) is 5.69 Å². The van der Waals surface area contributed by atoms with Gasteiger partial charge < -0.3 is 20.5 Å². The molecule has 0 bridgehead atoms. The molecule has 0 saturated heterocycles. The second kappa shape index (κ2) is 6.10. The summed E-state index contributed by atoms with van der Waals surface area (Å²) in [5.41, 5.74) is 8.06. The molecular formula is C12H19ClN2O2. The molecule has 0 spiro atoms. The molecule has 0 radical (unpaired) electrons. The molecule has 0 saturated carbocycles. The molecule has 1 aliphatic rings. The average molecular weight is 259 g/mol. The molecule has 1 atom stereocenters. The van der Waals surface area contributed by atoms with Gasteiger partial charge in [-0.15, -0.1) is 12.4 Å². The Morgan fingerprint density at radius 1 is 1.53 bits per heavy atom. The highest BCUT2D eigenvalue weighted by molar-refractivity contribution is 5.85. The van der Waals surface area contributed by atoms with Crippen molar-refractivity contribution >= 4 is 18.1 Å². The largest absolute Gasteiger partial charge is 0.490 e. The van der Waals surface area contributed by atoms with E-state index in [1.54, 1.807) is 0 Å². The third kappa shape index (κ3) is 3.03. The first kappa shape index (κ1) is 14.1. The molecule has 1 aromatic rings. The number of anilines is 1. The van der Waals surface area contributed by atoms with Gasteiger partial charge in [-0.05, 0) is 24.1 Å². The van der Waals surface area contributed by atoms with Crippen LogP contribution in [0.2, 0.25) is 0 Å². The lowest BCUT2D eigenvalue weighted by molar-refractivity contribution is 0.276. The third-order valence-electron chi connectivity index (χ3n) is 2.95. The molecule has 2 rings (SSSR count). The van der Waals surface area contributed by atoms with Crippen LogP contribution in [0.1, 0.15) is 18.0 Å². The first-order valence-electron chi connectivity index (χ1n) is 5.56. The molecule has 4 nitrogen and oxygen atoms in total. The molecule has 0 amide bonds. The van der Waals surface area contributed by atoms with E-state index in [1.165, 1.54) is 0 Å². The molecule has 1 unspecified atom stereocenters. The lowest BCUT2D eigenvalue weighted by atomic mass is 10.0. The SMILES string of the molecule is CN1CCOc2cc(C(N)CCO)ccc21.Cl. The van der Waals surface area contributed by atoms with Crippen LogP contribution in [-0.4, -0.2) is 31.9 Å². The van der Waals surface area contributed by atoms with E-state index in [0.717, 1.165) is 23.5 Å². The number of nitrogens with two attached hydrogens (primary N) is 1. The van der Waals surface area contributed by atoms with Gasteiger partial charge in [0.05, 0.1) is 12.2 Å². The van der Waals surface area contributed by atoms with Crippen LogP contribution in [0.3, 0.4) is 0 Å². The van der Waals surface area contributed by atoms with Crippen LogP contribution in [0, 0.1) is 0 Å². The van der Waals surface area contributed by atoms with Crippen molar-refractivity contribution in [2.24, 2.45) is 5.73 Å². The van der Waals surface area contributed by atoms with Crippen molar-refractivity contribution in [3.05, 3.63) is 23.8 Å². The number of fused-ring (bicyclic) bond motifs is 1. The number of hydrogen-bond acceptors (Lipinski definition) is 4. The van der Waals surface area contributed by atoms with Gasteiger partial charge in [0.15, 0.2) is 0 Å². The van der Waals surface area contributed by atoms with Gasteiger partial charge in [-0.25, -0.2) is 0 Å². The summed E-state index contributed by atoms with van der Waals surface area (Å²) >= 11 is 0. The number of halogens is 1. The molecule has 17 heavy (non-hydrogen) atoms. The van der Waals surface area contributed by atoms with Gasteiger partial charge in [0.25, 0.3) is 0 Å². The van der Waals surface area contributed by atoms with Gasteiger partial charge in [0.2, 0.25) is 0 Å². The van der Waals surface area contributed by atoms with Crippen molar-refractivity contribution in [1.82, 2.24) is 0 Å². The summed E-state index contributed by atoms with van der Waals surface area (Å²) in [6, 6.07) is 5.89. The van der Waals surface area contributed by atoms with Crippen LogP contribution >= 0.6 is 12.4 Å². The summed E-state index contributed by atoms with van der Waals surface area (Å²) in [7, 11) is 2.05. The quantitative estimate of drug-likeness (QED) is 0.859. The second-order valence-electron chi connectivity index (χ2n) is 4.12. The van der Waals surface area contributed by atoms with Crippen LogP contribution in [0.15, 0.2) is 18.2 Å². The van der Waals surface area contributed by atoms with Gasteiger partial charge in [0.1, 0.15) is 12.4 Å². The number of rotatable bonds is 3. The third-order valence-corrected chi connectivity index (χ3v) is 2.95. The van der Waals surface area contributed by atoms with Crippen molar-refractivity contribution in [1.29, 1.82) is 0 Å². The monoisotopic (exact) mass is 258 g/mol. The average Bonchev–Trinajstić information content (AvgIpc) is 2.29. The molecule has 0 aromatic heterocycles. The Kier molecular flexibility index (Phi) is 5.05. The van der Waals surface area contributed by atoms with Gasteiger partial charge in [0, 0.05) is 19.7 Å². The maximum atomic E-state index is 8.86. The smallest absolute Gasteiger partial charge is 0.143 e. The van der Waals surface area contributed by atoms with Gasteiger partial charge in [-0.1, -0.05) is 6.07 Å². The van der Waals surface area contributed by atoms with E-state index in [-0.39, 0.29) is 25.1 Å². The maximum absolute atomic E-state index is 8.86. The van der Waals surface area contributed by atoms with Crippen LogP contribution in [0.5, 0.6) is 5.75 Å². The fourth-order valence-electron chi connectivity index (χ4n) is 1.91. The Hall–Kier alpha value is -0.970. The van der Waals surface area contributed by atoms with Crippen molar-refractivity contribution in [2.45, 2.75) is 12.5 Å². The van der Waals surface area contributed by atoms with Crippen LogP contribution in [0.25, 0.3) is 0 Å². The summed E-state index contributed by atoms with van der Waals surface area (Å²) in [5, 5.41) is 8.86. The van der Waals surface area contributed by atoms with Gasteiger partial charge in [-0.2, -0.15) is 0 Å². The Morgan fingerprint density at radius 2 is 2.29 bits per heavy atom. The molecule has 5 heteroatoms. The molecule has 0 fully saturated rings. The van der Waals surface area contributed by atoms with E-state index in [2.05, 4.69) is 11.9 Å². The number of aliphatic hydroxyl groups is 1. The lowest BCUT2D eigenvalue weighted by Crippen LogP contribution is -2.29. The highest BCUT2D eigenvalue weighted by Crippen LogP contribution is 2.33. The van der Waals surface area contributed by atoms with Crippen molar-refractivity contribution in [2.75, 3.05) is 31.7 Å².